The first-order valence-electron chi connectivity index (χ1n) is 5.13. The van der Waals surface area contributed by atoms with Gasteiger partial charge in [-0.1, -0.05) is 22.0 Å². The minimum absolute atomic E-state index is 0.0726. The van der Waals surface area contributed by atoms with Gasteiger partial charge in [-0.05, 0) is 31.0 Å². The zero-order chi connectivity index (χ0) is 14.8. The van der Waals surface area contributed by atoms with Crippen LogP contribution in [0, 0.1) is 13.8 Å². The molecule has 0 aromatic heterocycles. The van der Waals surface area contributed by atoms with Gasteiger partial charge in [-0.3, -0.25) is 8.74 Å². The van der Waals surface area contributed by atoms with Crippen molar-refractivity contribution in [2.75, 3.05) is 11.9 Å². The normalized spacial score (nSPS) is 12.6. The highest BCUT2D eigenvalue weighted by molar-refractivity contribution is 9.09. The van der Waals surface area contributed by atoms with Gasteiger partial charge in [-0.15, -0.1) is 0 Å². The Morgan fingerprint density at radius 1 is 1.11 bits per heavy atom. The molecule has 1 N–H and O–H groups in total. The van der Waals surface area contributed by atoms with E-state index in [1.807, 2.05) is 0 Å². The van der Waals surface area contributed by atoms with E-state index in [0.29, 0.717) is 10.9 Å². The third-order valence-electron chi connectivity index (χ3n) is 2.34. The highest BCUT2D eigenvalue weighted by atomic mass is 79.9. The monoisotopic (exact) mass is 372 g/mol. The number of hydrogen-bond donors (Lipinski definition) is 1. The molecule has 0 heterocycles. The van der Waals surface area contributed by atoms with Crippen LogP contribution in [0.15, 0.2) is 21.9 Å². The van der Waals surface area contributed by atoms with E-state index in [-0.39, 0.29) is 17.1 Å². The average Bonchev–Trinajstić information content (AvgIpc) is 2.24. The van der Waals surface area contributed by atoms with Crippen molar-refractivity contribution in [3.63, 3.8) is 0 Å². The van der Waals surface area contributed by atoms with Gasteiger partial charge < -0.3 is 0 Å². The Balaban J connectivity index is 3.46. The van der Waals surface area contributed by atoms with Gasteiger partial charge in [-0.2, -0.15) is 16.8 Å². The molecule has 0 bridgehead atoms. The van der Waals surface area contributed by atoms with Gasteiger partial charge in [-0.25, -0.2) is 0 Å². The molecule has 0 atom stereocenters. The molecule has 0 spiro atoms. The third kappa shape index (κ3) is 3.99. The van der Waals surface area contributed by atoms with Gasteiger partial charge in [0.2, 0.25) is 0 Å². The van der Waals surface area contributed by atoms with Crippen molar-refractivity contribution in [1.29, 1.82) is 0 Å². The molecule has 0 aliphatic carbocycles. The smallest absolute Gasteiger partial charge is 0.282 e. The lowest BCUT2D eigenvalue weighted by Gasteiger charge is -2.11. The van der Waals surface area contributed by atoms with Crippen LogP contribution in [0.3, 0.4) is 0 Å². The lowest BCUT2D eigenvalue weighted by atomic mass is 10.2. The van der Waals surface area contributed by atoms with Gasteiger partial charge in [0.05, 0.1) is 16.4 Å². The molecule has 6 nitrogen and oxygen atoms in total. The fourth-order valence-electron chi connectivity index (χ4n) is 1.57. The molecular weight excluding hydrogens is 360 g/mol. The SMILES string of the molecule is Cc1cc(C)c(S(=O)(=O)OCCBr)cc1S(=O)(=O)O. The van der Waals surface area contributed by atoms with Crippen molar-refractivity contribution in [2.45, 2.75) is 23.6 Å². The lowest BCUT2D eigenvalue weighted by Crippen LogP contribution is -2.12. The number of benzene rings is 1. The van der Waals surface area contributed by atoms with Crippen molar-refractivity contribution in [2.24, 2.45) is 0 Å². The van der Waals surface area contributed by atoms with Crippen LogP contribution in [0.5, 0.6) is 0 Å². The number of aryl methyl sites for hydroxylation is 2. The molecule has 0 saturated carbocycles. The molecule has 0 aliphatic heterocycles. The molecule has 1 aromatic carbocycles. The van der Waals surface area contributed by atoms with Crippen LogP contribution in [0.4, 0.5) is 0 Å². The summed E-state index contributed by atoms with van der Waals surface area (Å²) in [5.74, 6) is 0. The topological polar surface area (TPSA) is 97.7 Å². The summed E-state index contributed by atoms with van der Waals surface area (Å²) in [5, 5.41) is 0.322. The number of rotatable bonds is 5. The summed E-state index contributed by atoms with van der Waals surface area (Å²) in [6, 6.07) is 2.27. The quantitative estimate of drug-likeness (QED) is 0.479. The summed E-state index contributed by atoms with van der Waals surface area (Å²) < 4.78 is 59.9. The van der Waals surface area contributed by atoms with E-state index in [0.717, 1.165) is 6.07 Å². The predicted molar refractivity (Wildman–Crippen MR) is 72.7 cm³/mol. The van der Waals surface area contributed by atoms with Crippen LogP contribution in [-0.2, 0) is 24.4 Å². The van der Waals surface area contributed by atoms with E-state index in [1.54, 1.807) is 0 Å². The number of alkyl halides is 1. The molecule has 0 aliphatic rings. The van der Waals surface area contributed by atoms with Gasteiger partial charge >= 0.3 is 0 Å². The maximum absolute atomic E-state index is 11.9. The summed E-state index contributed by atoms with van der Waals surface area (Å²) in [7, 11) is -8.54. The maximum atomic E-state index is 11.9. The first kappa shape index (κ1) is 16.6. The number of halogens is 1. The first-order chi connectivity index (χ1) is 8.59. The summed E-state index contributed by atoms with van der Waals surface area (Å²) in [4.78, 5) is -0.717. The lowest BCUT2D eigenvalue weighted by molar-refractivity contribution is 0.342. The Labute approximate surface area is 120 Å². The second-order valence-electron chi connectivity index (χ2n) is 3.82. The fourth-order valence-corrected chi connectivity index (χ4v) is 3.89. The molecule has 0 saturated heterocycles. The van der Waals surface area contributed by atoms with E-state index < -0.39 is 25.1 Å². The second-order valence-corrected chi connectivity index (χ2v) is 7.59. The Kier molecular flexibility index (Phi) is 5.13. The van der Waals surface area contributed by atoms with Gasteiger partial charge in [0, 0.05) is 5.33 Å². The molecule has 1 aromatic rings. The molecule has 9 heteroatoms. The van der Waals surface area contributed by atoms with E-state index in [9.17, 15) is 16.8 Å². The zero-order valence-electron chi connectivity index (χ0n) is 10.3. The van der Waals surface area contributed by atoms with Crippen molar-refractivity contribution in [3.8, 4) is 0 Å². The van der Waals surface area contributed by atoms with Crippen LogP contribution in [0.2, 0.25) is 0 Å². The molecule has 108 valence electrons. The molecule has 0 unspecified atom stereocenters. The average molecular weight is 373 g/mol. The third-order valence-corrected chi connectivity index (χ3v) is 5.11. The standard InChI is InChI=1S/C10H13BrO6S2/c1-7-5-8(2)10(6-9(7)18(12,13)14)19(15,16)17-4-3-11/h5-6H,3-4H2,1-2H3,(H,12,13,14). The van der Waals surface area contributed by atoms with E-state index in [1.165, 1.54) is 19.9 Å². The summed E-state index contributed by atoms with van der Waals surface area (Å²) >= 11 is 3.03. The van der Waals surface area contributed by atoms with E-state index >= 15 is 0 Å². The minimum Gasteiger partial charge on any atom is -0.282 e. The van der Waals surface area contributed by atoms with Crippen LogP contribution in [0.1, 0.15) is 11.1 Å². The Morgan fingerprint density at radius 3 is 2.11 bits per heavy atom. The number of hydrogen-bond acceptors (Lipinski definition) is 5. The van der Waals surface area contributed by atoms with Crippen molar-refractivity contribution in [1.82, 2.24) is 0 Å². The molecule has 0 amide bonds. The van der Waals surface area contributed by atoms with Crippen LogP contribution >= 0.6 is 15.9 Å². The Bertz CT molecular complexity index is 678. The molecule has 19 heavy (non-hydrogen) atoms. The Morgan fingerprint density at radius 2 is 1.63 bits per heavy atom. The largest absolute Gasteiger partial charge is 0.297 e. The Hall–Kier alpha value is -0.480. The van der Waals surface area contributed by atoms with Gasteiger partial charge in [0.15, 0.2) is 0 Å². The summed E-state index contributed by atoms with van der Waals surface area (Å²) in [6.07, 6.45) is 0. The first-order valence-corrected chi connectivity index (χ1v) is 9.10. The highest BCUT2D eigenvalue weighted by Crippen LogP contribution is 2.25. The predicted octanol–water partition coefficient (Wildman–Crippen LogP) is 1.65. The summed E-state index contributed by atoms with van der Waals surface area (Å²) in [5.41, 5.74) is 0.610. The van der Waals surface area contributed by atoms with Crippen LogP contribution < -0.4 is 0 Å². The molecular formula is C10H13BrO6S2. The second kappa shape index (κ2) is 5.88. The maximum Gasteiger partial charge on any atom is 0.297 e. The highest BCUT2D eigenvalue weighted by Gasteiger charge is 2.23. The molecule has 0 fully saturated rings. The van der Waals surface area contributed by atoms with Crippen molar-refractivity contribution >= 4 is 36.2 Å². The van der Waals surface area contributed by atoms with E-state index in [4.69, 9.17) is 8.74 Å². The summed E-state index contributed by atoms with van der Waals surface area (Å²) in [6.45, 7) is 2.91. The molecule has 1 rings (SSSR count). The molecule has 0 radical (unpaired) electrons. The van der Waals surface area contributed by atoms with Crippen LogP contribution in [0.25, 0.3) is 0 Å². The minimum atomic E-state index is -4.48. The fraction of sp³-hybridized carbons (Fsp3) is 0.400. The van der Waals surface area contributed by atoms with Gasteiger partial charge in [0.25, 0.3) is 20.2 Å². The van der Waals surface area contributed by atoms with Crippen molar-refractivity contribution in [3.05, 3.63) is 23.3 Å². The van der Waals surface area contributed by atoms with Gasteiger partial charge in [0.1, 0.15) is 0 Å². The van der Waals surface area contributed by atoms with Crippen LogP contribution in [-0.4, -0.2) is 33.3 Å². The zero-order valence-corrected chi connectivity index (χ0v) is 13.5. The van der Waals surface area contributed by atoms with Crippen molar-refractivity contribution < 1.29 is 25.6 Å². The van der Waals surface area contributed by atoms with E-state index in [2.05, 4.69) is 15.9 Å².